The highest BCUT2D eigenvalue weighted by molar-refractivity contribution is 6.31. The average molecular weight is 441 g/mol. The number of ether oxygens (including phenoxy) is 1. The van der Waals surface area contributed by atoms with Crippen LogP contribution in [0.4, 0.5) is 5.82 Å². The number of carbonyl (C=O) groups is 1. The molecule has 5 rings (SSSR count). The van der Waals surface area contributed by atoms with Crippen molar-refractivity contribution in [3.63, 3.8) is 0 Å². The second-order valence-electron chi connectivity index (χ2n) is 7.94. The summed E-state index contributed by atoms with van der Waals surface area (Å²) < 4.78 is 7.68. The van der Waals surface area contributed by atoms with Crippen molar-refractivity contribution in [1.29, 1.82) is 0 Å². The van der Waals surface area contributed by atoms with Crippen LogP contribution in [-0.4, -0.2) is 54.7 Å². The number of rotatable bonds is 4. The molecule has 31 heavy (non-hydrogen) atoms. The van der Waals surface area contributed by atoms with Gasteiger partial charge in [-0.1, -0.05) is 22.9 Å². The van der Waals surface area contributed by atoms with Crippen molar-refractivity contribution >= 4 is 23.4 Å². The van der Waals surface area contributed by atoms with Gasteiger partial charge in [-0.15, -0.1) is 5.10 Å². The van der Waals surface area contributed by atoms with Gasteiger partial charge >= 0.3 is 5.97 Å². The van der Waals surface area contributed by atoms with E-state index >= 15 is 0 Å². The predicted octanol–water partition coefficient (Wildman–Crippen LogP) is 2.84. The first kappa shape index (κ1) is 19.7. The van der Waals surface area contributed by atoms with Crippen LogP contribution in [0, 0.1) is 0 Å². The molecule has 3 aromatic rings. The highest BCUT2D eigenvalue weighted by Gasteiger charge is 2.40. The summed E-state index contributed by atoms with van der Waals surface area (Å²) >= 11 is 6.31. The number of anilines is 1. The summed E-state index contributed by atoms with van der Waals surface area (Å²) in [6, 6.07) is 5.86. The van der Waals surface area contributed by atoms with Gasteiger partial charge in [0, 0.05) is 36.5 Å². The molecule has 1 N–H and O–H groups in total. The molecule has 0 amide bonds. The molecule has 2 aliphatic rings. The standard InChI is InChI=1S/C21H21ClN6O3/c22-15-2-1-3-18-14(15)4-5-21(31-18)6-8-27(9-7-21)19-11-23-16(10-24-19)17-12-28(26-25-17)13-20(29)30/h1-3,10-12H,4-9,13H2,(H,29,30). The van der Waals surface area contributed by atoms with Crippen molar-refractivity contribution in [3.05, 3.63) is 47.4 Å². The molecule has 0 aliphatic carbocycles. The number of aliphatic carboxylic acids is 1. The van der Waals surface area contributed by atoms with E-state index in [0.717, 1.165) is 60.9 Å². The number of carboxylic acids is 1. The predicted molar refractivity (Wildman–Crippen MR) is 113 cm³/mol. The minimum atomic E-state index is -0.978. The van der Waals surface area contributed by atoms with Crippen LogP contribution in [0.2, 0.25) is 5.02 Å². The van der Waals surface area contributed by atoms with Crippen LogP contribution < -0.4 is 9.64 Å². The van der Waals surface area contributed by atoms with Crippen LogP contribution in [0.25, 0.3) is 11.4 Å². The number of hydrogen-bond donors (Lipinski definition) is 1. The molecule has 0 atom stereocenters. The third-order valence-corrected chi connectivity index (χ3v) is 6.32. The molecule has 1 saturated heterocycles. The molecule has 2 aromatic heterocycles. The minimum Gasteiger partial charge on any atom is -0.487 e. The molecule has 160 valence electrons. The Morgan fingerprint density at radius 1 is 1.16 bits per heavy atom. The Balaban J connectivity index is 1.24. The zero-order valence-electron chi connectivity index (χ0n) is 16.7. The topological polar surface area (TPSA) is 106 Å². The van der Waals surface area contributed by atoms with E-state index in [-0.39, 0.29) is 12.1 Å². The number of piperidine rings is 1. The summed E-state index contributed by atoms with van der Waals surface area (Å²) in [5.74, 6) is 0.734. The molecule has 0 bridgehead atoms. The van der Waals surface area contributed by atoms with Gasteiger partial charge in [0.1, 0.15) is 35.1 Å². The highest BCUT2D eigenvalue weighted by Crippen LogP contribution is 2.42. The monoisotopic (exact) mass is 440 g/mol. The van der Waals surface area contributed by atoms with E-state index < -0.39 is 5.97 Å². The normalized spacial score (nSPS) is 17.3. The summed E-state index contributed by atoms with van der Waals surface area (Å²) in [6.45, 7) is 1.42. The van der Waals surface area contributed by atoms with E-state index in [1.54, 1.807) is 18.6 Å². The third-order valence-electron chi connectivity index (χ3n) is 5.97. The van der Waals surface area contributed by atoms with E-state index in [0.29, 0.717) is 11.4 Å². The lowest BCUT2D eigenvalue weighted by Gasteiger charge is -2.45. The van der Waals surface area contributed by atoms with Crippen LogP contribution in [0.15, 0.2) is 36.8 Å². The second-order valence-corrected chi connectivity index (χ2v) is 8.35. The average Bonchev–Trinajstić information content (AvgIpc) is 3.22. The van der Waals surface area contributed by atoms with Crippen molar-refractivity contribution in [2.45, 2.75) is 37.8 Å². The lowest BCUT2D eigenvalue weighted by atomic mass is 9.83. The van der Waals surface area contributed by atoms with Gasteiger partial charge in [-0.25, -0.2) is 14.6 Å². The fraction of sp³-hybridized carbons (Fsp3) is 0.381. The lowest BCUT2D eigenvalue weighted by molar-refractivity contribution is -0.137. The number of nitrogens with zero attached hydrogens (tertiary/aromatic N) is 6. The fourth-order valence-corrected chi connectivity index (χ4v) is 4.52. The Bertz CT molecular complexity index is 1110. The van der Waals surface area contributed by atoms with Gasteiger partial charge in [-0.05, 0) is 25.0 Å². The Hall–Kier alpha value is -3.20. The van der Waals surface area contributed by atoms with Crippen LogP contribution in [0.1, 0.15) is 24.8 Å². The van der Waals surface area contributed by atoms with E-state index in [9.17, 15) is 4.79 Å². The second kappa shape index (κ2) is 7.81. The summed E-state index contributed by atoms with van der Waals surface area (Å²) in [6.07, 6.45) is 8.63. The van der Waals surface area contributed by atoms with Gasteiger partial charge < -0.3 is 14.7 Å². The van der Waals surface area contributed by atoms with Gasteiger partial charge in [0.2, 0.25) is 0 Å². The highest BCUT2D eigenvalue weighted by atomic mass is 35.5. The Kier molecular flexibility index (Phi) is 4.97. The zero-order chi connectivity index (χ0) is 21.4. The first-order chi connectivity index (χ1) is 15.0. The number of benzene rings is 1. The molecular formula is C21H21ClN6O3. The lowest BCUT2D eigenvalue weighted by Crippen LogP contribution is -2.50. The fourth-order valence-electron chi connectivity index (χ4n) is 4.26. The maximum atomic E-state index is 10.8. The molecule has 1 fully saturated rings. The number of fused-ring (bicyclic) bond motifs is 1. The Labute approximate surface area is 183 Å². The third kappa shape index (κ3) is 3.93. The minimum absolute atomic E-state index is 0.149. The van der Waals surface area contributed by atoms with E-state index in [2.05, 4.69) is 25.2 Å². The van der Waals surface area contributed by atoms with Crippen molar-refractivity contribution < 1.29 is 14.6 Å². The first-order valence-electron chi connectivity index (χ1n) is 10.2. The smallest absolute Gasteiger partial charge is 0.325 e. The van der Waals surface area contributed by atoms with Gasteiger partial charge in [-0.2, -0.15) is 0 Å². The molecule has 0 radical (unpaired) electrons. The molecule has 1 aromatic carbocycles. The largest absolute Gasteiger partial charge is 0.487 e. The molecule has 1 spiro atoms. The van der Waals surface area contributed by atoms with Crippen molar-refractivity contribution in [2.24, 2.45) is 0 Å². The Morgan fingerprint density at radius 2 is 2.00 bits per heavy atom. The quantitative estimate of drug-likeness (QED) is 0.660. The van der Waals surface area contributed by atoms with E-state index in [4.69, 9.17) is 21.4 Å². The van der Waals surface area contributed by atoms with Crippen LogP contribution >= 0.6 is 11.6 Å². The Morgan fingerprint density at radius 3 is 2.74 bits per heavy atom. The number of aromatic nitrogens is 5. The molecule has 0 unspecified atom stereocenters. The van der Waals surface area contributed by atoms with E-state index in [1.165, 1.54) is 4.68 Å². The molecular weight excluding hydrogens is 420 g/mol. The van der Waals surface area contributed by atoms with Gasteiger partial charge in [0.15, 0.2) is 0 Å². The molecule has 9 nitrogen and oxygen atoms in total. The SMILES string of the molecule is O=C(O)Cn1cc(-c2cnc(N3CCC4(CCc5c(Cl)cccc5O4)CC3)cn2)nn1. The van der Waals surface area contributed by atoms with Gasteiger partial charge in [0.05, 0.1) is 18.6 Å². The van der Waals surface area contributed by atoms with Gasteiger partial charge in [0.25, 0.3) is 0 Å². The first-order valence-corrected chi connectivity index (χ1v) is 10.5. The molecule has 4 heterocycles. The zero-order valence-corrected chi connectivity index (χ0v) is 17.5. The molecule has 0 saturated carbocycles. The van der Waals surface area contributed by atoms with Crippen LogP contribution in [-0.2, 0) is 17.8 Å². The van der Waals surface area contributed by atoms with Crippen molar-refractivity contribution in [2.75, 3.05) is 18.0 Å². The summed E-state index contributed by atoms with van der Waals surface area (Å²) in [4.78, 5) is 22.0. The maximum absolute atomic E-state index is 10.8. The van der Waals surface area contributed by atoms with Crippen LogP contribution in [0.5, 0.6) is 5.75 Å². The number of hydrogen-bond acceptors (Lipinski definition) is 7. The van der Waals surface area contributed by atoms with Crippen LogP contribution in [0.3, 0.4) is 0 Å². The summed E-state index contributed by atoms with van der Waals surface area (Å²) in [7, 11) is 0. The molecule has 10 heteroatoms. The number of halogens is 1. The van der Waals surface area contributed by atoms with Crippen molar-refractivity contribution in [3.8, 4) is 17.1 Å². The maximum Gasteiger partial charge on any atom is 0.325 e. The summed E-state index contributed by atoms with van der Waals surface area (Å²) in [5.41, 5.74) is 2.01. The summed E-state index contributed by atoms with van der Waals surface area (Å²) in [5, 5.41) is 17.4. The number of carboxylic acid groups (broad SMARTS) is 1. The molecule has 2 aliphatic heterocycles. The van der Waals surface area contributed by atoms with Crippen molar-refractivity contribution in [1.82, 2.24) is 25.0 Å². The van der Waals surface area contributed by atoms with E-state index in [1.807, 2.05) is 18.2 Å². The van der Waals surface area contributed by atoms with Gasteiger partial charge in [-0.3, -0.25) is 4.79 Å².